The number of benzene rings is 1. The van der Waals surface area contributed by atoms with E-state index in [1.807, 2.05) is 11.0 Å². The van der Waals surface area contributed by atoms with E-state index in [4.69, 9.17) is 0 Å². The Hall–Kier alpha value is -2.43. The van der Waals surface area contributed by atoms with Crippen molar-refractivity contribution in [3.8, 4) is 11.3 Å². The molecule has 126 valence electrons. The molecule has 1 aromatic carbocycles. The molecule has 0 spiro atoms. The van der Waals surface area contributed by atoms with Gasteiger partial charge in [-0.15, -0.1) is 0 Å². The molecule has 0 radical (unpaired) electrons. The Kier molecular flexibility index (Phi) is 4.79. The van der Waals surface area contributed by atoms with Gasteiger partial charge in [-0.3, -0.25) is 4.79 Å². The predicted molar refractivity (Wildman–Crippen MR) is 95.6 cm³/mol. The molecule has 1 N–H and O–H groups in total. The Morgan fingerprint density at radius 3 is 2.83 bits per heavy atom. The zero-order valence-electron chi connectivity index (χ0n) is 14.5. The number of nitrogens with one attached hydrogen (secondary N) is 1. The monoisotopic (exact) mass is 324 g/mol. The number of fused-ring (bicyclic) bond motifs is 1. The van der Waals surface area contributed by atoms with Crippen molar-refractivity contribution < 1.29 is 4.79 Å². The first kappa shape index (κ1) is 16.4. The summed E-state index contributed by atoms with van der Waals surface area (Å²) in [6.45, 7) is 8.33. The van der Waals surface area contributed by atoms with Crippen LogP contribution in [0.1, 0.15) is 31.9 Å². The van der Waals surface area contributed by atoms with Crippen molar-refractivity contribution in [2.45, 2.75) is 33.7 Å². The Morgan fingerprint density at radius 1 is 1.25 bits per heavy atom. The number of hydrogen-bond acceptors (Lipinski definition) is 4. The van der Waals surface area contributed by atoms with Crippen molar-refractivity contribution in [3.63, 3.8) is 0 Å². The molecule has 2 heterocycles. The molecule has 0 fully saturated rings. The second kappa shape index (κ2) is 6.99. The third-order valence-electron chi connectivity index (χ3n) is 4.32. The van der Waals surface area contributed by atoms with Gasteiger partial charge in [0.15, 0.2) is 0 Å². The molecule has 0 unspecified atom stereocenters. The highest BCUT2D eigenvalue weighted by Crippen LogP contribution is 2.26. The fourth-order valence-corrected chi connectivity index (χ4v) is 2.91. The summed E-state index contributed by atoms with van der Waals surface area (Å²) in [4.78, 5) is 22.2. The molecule has 1 aliphatic heterocycles. The van der Waals surface area contributed by atoms with Crippen LogP contribution in [0.2, 0.25) is 0 Å². The van der Waals surface area contributed by atoms with E-state index in [1.54, 1.807) is 13.3 Å². The van der Waals surface area contributed by atoms with Crippen LogP contribution in [-0.2, 0) is 17.8 Å². The number of amides is 1. The third-order valence-corrected chi connectivity index (χ3v) is 4.32. The maximum Gasteiger partial charge on any atom is 0.219 e. The number of carbonyl (C=O) groups excluding carboxylic acids is 1. The van der Waals surface area contributed by atoms with Gasteiger partial charge in [0.1, 0.15) is 12.1 Å². The molecule has 24 heavy (non-hydrogen) atoms. The lowest BCUT2D eigenvalue weighted by molar-refractivity contribution is -0.129. The number of rotatable bonds is 4. The molecular weight excluding hydrogens is 300 g/mol. The van der Waals surface area contributed by atoms with E-state index in [0.717, 1.165) is 36.6 Å². The quantitative estimate of drug-likeness (QED) is 0.939. The van der Waals surface area contributed by atoms with Crippen molar-refractivity contribution in [1.82, 2.24) is 14.9 Å². The zero-order chi connectivity index (χ0) is 17.1. The van der Waals surface area contributed by atoms with Crippen LogP contribution in [0.25, 0.3) is 11.3 Å². The molecule has 5 nitrogen and oxygen atoms in total. The van der Waals surface area contributed by atoms with Crippen LogP contribution in [0.15, 0.2) is 30.6 Å². The summed E-state index contributed by atoms with van der Waals surface area (Å²) in [7, 11) is 0. The lowest BCUT2D eigenvalue weighted by Crippen LogP contribution is -2.34. The first-order chi connectivity index (χ1) is 11.5. The molecule has 0 atom stereocenters. The maximum atomic E-state index is 11.6. The standard InChI is InChI=1S/C19H24N4O/c1-13(2)10-20-19-9-18(21-12-22-19)16-5-4-15-6-7-23(14(3)24)11-17(15)8-16/h4-5,8-9,12-13H,6-7,10-11H2,1-3H3,(H,20,21,22). The van der Waals surface area contributed by atoms with Crippen LogP contribution in [0, 0.1) is 5.92 Å². The van der Waals surface area contributed by atoms with Crippen molar-refractivity contribution in [1.29, 1.82) is 0 Å². The number of aromatic nitrogens is 2. The van der Waals surface area contributed by atoms with Crippen LogP contribution < -0.4 is 5.32 Å². The molecular formula is C19H24N4O. The van der Waals surface area contributed by atoms with Gasteiger partial charge < -0.3 is 10.2 Å². The van der Waals surface area contributed by atoms with E-state index in [0.29, 0.717) is 12.5 Å². The van der Waals surface area contributed by atoms with Gasteiger partial charge in [-0.1, -0.05) is 26.0 Å². The molecule has 0 saturated carbocycles. The van der Waals surface area contributed by atoms with Gasteiger partial charge in [-0.25, -0.2) is 9.97 Å². The smallest absolute Gasteiger partial charge is 0.219 e. The van der Waals surface area contributed by atoms with Crippen molar-refractivity contribution >= 4 is 11.7 Å². The predicted octanol–water partition coefficient (Wildman–Crippen LogP) is 3.12. The number of anilines is 1. The minimum absolute atomic E-state index is 0.133. The van der Waals surface area contributed by atoms with Gasteiger partial charge in [0, 0.05) is 38.2 Å². The van der Waals surface area contributed by atoms with Crippen molar-refractivity contribution in [2.24, 2.45) is 5.92 Å². The molecule has 0 bridgehead atoms. The van der Waals surface area contributed by atoms with E-state index < -0.39 is 0 Å². The lowest BCUT2D eigenvalue weighted by atomic mass is 9.96. The highest BCUT2D eigenvalue weighted by Gasteiger charge is 2.18. The van der Waals surface area contributed by atoms with E-state index in [-0.39, 0.29) is 5.91 Å². The summed E-state index contributed by atoms with van der Waals surface area (Å²) in [5.41, 5.74) is 4.50. The van der Waals surface area contributed by atoms with Gasteiger partial charge in [0.05, 0.1) is 5.69 Å². The highest BCUT2D eigenvalue weighted by molar-refractivity contribution is 5.74. The Labute approximate surface area is 143 Å². The Morgan fingerprint density at radius 2 is 2.08 bits per heavy atom. The number of nitrogens with zero attached hydrogens (tertiary/aromatic N) is 3. The second-order valence-corrected chi connectivity index (χ2v) is 6.74. The molecule has 1 aromatic heterocycles. The molecule has 3 rings (SSSR count). The van der Waals surface area contributed by atoms with Crippen LogP contribution in [0.3, 0.4) is 0 Å². The minimum atomic E-state index is 0.133. The van der Waals surface area contributed by atoms with Crippen molar-refractivity contribution in [2.75, 3.05) is 18.4 Å². The molecule has 1 aliphatic rings. The van der Waals surface area contributed by atoms with Crippen LogP contribution in [0.5, 0.6) is 0 Å². The zero-order valence-corrected chi connectivity index (χ0v) is 14.5. The summed E-state index contributed by atoms with van der Waals surface area (Å²) < 4.78 is 0. The molecule has 0 aliphatic carbocycles. The first-order valence-corrected chi connectivity index (χ1v) is 8.46. The Bertz CT molecular complexity index is 742. The van der Waals surface area contributed by atoms with Gasteiger partial charge in [-0.05, 0) is 29.5 Å². The number of hydrogen-bond donors (Lipinski definition) is 1. The van der Waals surface area contributed by atoms with Crippen LogP contribution in [0.4, 0.5) is 5.82 Å². The normalized spacial score (nSPS) is 13.8. The van der Waals surface area contributed by atoms with Crippen molar-refractivity contribution in [3.05, 3.63) is 41.7 Å². The second-order valence-electron chi connectivity index (χ2n) is 6.74. The summed E-state index contributed by atoms with van der Waals surface area (Å²) in [5.74, 6) is 1.54. The average Bonchev–Trinajstić information content (AvgIpc) is 2.59. The van der Waals surface area contributed by atoms with E-state index in [9.17, 15) is 4.79 Å². The van der Waals surface area contributed by atoms with Gasteiger partial charge in [0.25, 0.3) is 0 Å². The van der Waals surface area contributed by atoms with Gasteiger partial charge in [0.2, 0.25) is 5.91 Å². The summed E-state index contributed by atoms with van der Waals surface area (Å²) >= 11 is 0. The lowest BCUT2D eigenvalue weighted by Gasteiger charge is -2.28. The number of carbonyl (C=O) groups is 1. The van der Waals surface area contributed by atoms with Gasteiger partial charge >= 0.3 is 0 Å². The van der Waals surface area contributed by atoms with E-state index in [1.165, 1.54) is 11.1 Å². The summed E-state index contributed by atoms with van der Waals surface area (Å²) in [6, 6.07) is 8.40. The molecule has 2 aromatic rings. The third kappa shape index (κ3) is 3.72. The van der Waals surface area contributed by atoms with Crippen LogP contribution >= 0.6 is 0 Å². The minimum Gasteiger partial charge on any atom is -0.370 e. The van der Waals surface area contributed by atoms with Crippen LogP contribution in [-0.4, -0.2) is 33.9 Å². The van der Waals surface area contributed by atoms with Gasteiger partial charge in [-0.2, -0.15) is 0 Å². The fraction of sp³-hybridized carbons (Fsp3) is 0.421. The first-order valence-electron chi connectivity index (χ1n) is 8.46. The fourth-order valence-electron chi connectivity index (χ4n) is 2.91. The topological polar surface area (TPSA) is 58.1 Å². The average molecular weight is 324 g/mol. The largest absolute Gasteiger partial charge is 0.370 e. The Balaban J connectivity index is 1.84. The SMILES string of the molecule is CC(=O)N1CCc2ccc(-c3cc(NCC(C)C)ncn3)cc2C1. The molecule has 1 amide bonds. The van der Waals surface area contributed by atoms with E-state index >= 15 is 0 Å². The van der Waals surface area contributed by atoms with E-state index in [2.05, 4.69) is 47.3 Å². The summed E-state index contributed by atoms with van der Waals surface area (Å²) in [6.07, 6.45) is 2.51. The molecule has 0 saturated heterocycles. The maximum absolute atomic E-state index is 11.6. The molecule has 5 heteroatoms. The highest BCUT2D eigenvalue weighted by atomic mass is 16.2. The summed E-state index contributed by atoms with van der Waals surface area (Å²) in [5, 5.41) is 3.33.